The molecule has 200 valence electrons. The summed E-state index contributed by atoms with van der Waals surface area (Å²) in [5, 5.41) is 5.70. The number of fused-ring (bicyclic) bond motifs is 7. The zero-order chi connectivity index (χ0) is 33.6. The highest BCUT2D eigenvalue weighted by molar-refractivity contribution is 6.22. The van der Waals surface area contributed by atoms with Crippen molar-refractivity contribution in [3.63, 3.8) is 0 Å². The van der Waals surface area contributed by atoms with Gasteiger partial charge in [-0.25, -0.2) is 0 Å². The van der Waals surface area contributed by atoms with E-state index in [1.165, 1.54) is 5.56 Å². The highest BCUT2D eigenvalue weighted by Crippen LogP contribution is 2.45. The number of benzene rings is 8. The third-order valence-electron chi connectivity index (χ3n) is 8.40. The summed E-state index contributed by atoms with van der Waals surface area (Å²) in [6.07, 6.45) is 0. The van der Waals surface area contributed by atoms with Gasteiger partial charge in [0, 0.05) is 16.2 Å². The van der Waals surface area contributed by atoms with Crippen molar-refractivity contribution in [2.75, 3.05) is 0 Å². The Morgan fingerprint density at radius 1 is 0.442 bits per heavy atom. The molecule has 8 aromatic carbocycles. The molecule has 0 aliphatic heterocycles. The summed E-state index contributed by atoms with van der Waals surface area (Å²) in [6.45, 7) is 0. The summed E-state index contributed by atoms with van der Waals surface area (Å²) >= 11 is 0. The molecule has 9 rings (SSSR count). The molecule has 0 unspecified atom stereocenters. The first kappa shape index (κ1) is 18.7. The minimum Gasteiger partial charge on any atom is -0.455 e. The lowest BCUT2D eigenvalue weighted by Gasteiger charge is -2.18. The van der Waals surface area contributed by atoms with Gasteiger partial charge in [-0.15, -0.1) is 0 Å². The van der Waals surface area contributed by atoms with Crippen molar-refractivity contribution in [2.24, 2.45) is 0 Å². The minimum atomic E-state index is -0.435. The van der Waals surface area contributed by atoms with E-state index in [0.717, 1.165) is 49.4 Å². The van der Waals surface area contributed by atoms with Gasteiger partial charge in [-0.05, 0) is 78.5 Å². The van der Waals surface area contributed by atoms with Crippen LogP contribution in [-0.2, 0) is 0 Å². The lowest BCUT2D eigenvalue weighted by molar-refractivity contribution is 0.673. The van der Waals surface area contributed by atoms with Gasteiger partial charge in [0.1, 0.15) is 11.2 Å². The summed E-state index contributed by atoms with van der Waals surface area (Å²) in [4.78, 5) is 0. The number of rotatable bonds is 3. The molecule has 0 aliphatic carbocycles. The molecule has 1 heteroatoms. The molecule has 0 spiro atoms. The van der Waals surface area contributed by atoms with Crippen molar-refractivity contribution in [3.8, 4) is 33.4 Å². The zero-order valence-corrected chi connectivity index (χ0v) is 23.0. The fourth-order valence-electron chi connectivity index (χ4n) is 6.58. The Bertz CT molecular complexity index is 2780. The van der Waals surface area contributed by atoms with Crippen LogP contribution in [0.25, 0.3) is 87.6 Å². The first-order chi connectivity index (χ1) is 23.8. The van der Waals surface area contributed by atoms with Crippen molar-refractivity contribution in [1.82, 2.24) is 0 Å². The molecule has 1 heterocycles. The Morgan fingerprint density at radius 2 is 1.05 bits per heavy atom. The average molecular weight is 553 g/mol. The van der Waals surface area contributed by atoms with Gasteiger partial charge in [0.05, 0.1) is 8.22 Å². The van der Waals surface area contributed by atoms with Crippen molar-refractivity contribution in [2.45, 2.75) is 0 Å². The molecule has 0 saturated carbocycles. The topological polar surface area (TPSA) is 13.1 Å². The van der Waals surface area contributed by atoms with Crippen LogP contribution in [-0.4, -0.2) is 0 Å². The van der Waals surface area contributed by atoms with E-state index >= 15 is 0 Å². The zero-order valence-electron chi connectivity index (χ0n) is 29.0. The molecule has 0 atom stereocenters. The second-order valence-electron chi connectivity index (χ2n) is 10.8. The van der Waals surface area contributed by atoms with Crippen molar-refractivity contribution in [3.05, 3.63) is 158 Å². The number of hydrogen-bond donors (Lipinski definition) is 0. The Morgan fingerprint density at radius 3 is 1.79 bits per heavy atom. The van der Waals surface area contributed by atoms with E-state index in [9.17, 15) is 0 Å². The van der Waals surface area contributed by atoms with Crippen LogP contribution in [0.5, 0.6) is 0 Å². The van der Waals surface area contributed by atoms with E-state index in [2.05, 4.69) is 84.9 Å². The molecule has 9 aromatic rings. The van der Waals surface area contributed by atoms with Crippen LogP contribution in [0, 0.1) is 0 Å². The predicted molar refractivity (Wildman–Crippen MR) is 183 cm³/mol. The van der Waals surface area contributed by atoms with Crippen LogP contribution in [0.3, 0.4) is 0 Å². The SMILES string of the molecule is [2H]c1c([2H])c([2H])c2c(c1[2H])c([2H])c([2H])c1c2oc2cccc(-c3cccc(-c4c5ccccc5c(-c5ccccc5)c5ccccc45)c3)c21. The quantitative estimate of drug-likeness (QED) is 0.199. The fourth-order valence-corrected chi connectivity index (χ4v) is 6.58. The first-order valence-electron chi connectivity index (χ1n) is 17.3. The van der Waals surface area contributed by atoms with Gasteiger partial charge in [-0.3, -0.25) is 0 Å². The van der Waals surface area contributed by atoms with Gasteiger partial charge in [0.25, 0.3) is 0 Å². The van der Waals surface area contributed by atoms with Crippen molar-refractivity contribution in [1.29, 1.82) is 0 Å². The first-order valence-corrected chi connectivity index (χ1v) is 14.3. The molecule has 0 fully saturated rings. The largest absolute Gasteiger partial charge is 0.455 e. The Kier molecular flexibility index (Phi) is 4.11. The normalized spacial score (nSPS) is 13.7. The smallest absolute Gasteiger partial charge is 0.143 e. The van der Waals surface area contributed by atoms with E-state index in [0.29, 0.717) is 16.4 Å². The molecule has 1 nitrogen and oxygen atoms in total. The Hall–Kier alpha value is -5.66. The molecule has 0 N–H and O–H groups in total. The summed E-state index contributed by atoms with van der Waals surface area (Å²) in [5.41, 5.74) is 6.87. The van der Waals surface area contributed by atoms with E-state index < -0.39 is 12.1 Å². The van der Waals surface area contributed by atoms with Gasteiger partial charge < -0.3 is 4.42 Å². The predicted octanol–water partition coefficient (Wildman–Crippen LogP) is 12.0. The standard InChI is InChI=1S/C42H26O/c1-2-13-28(14-3-1)39-33-18-6-8-20-35(33)40(36-21-9-7-19-34(36)39)30-16-10-15-29(26-30)31-22-11-23-38-41(31)37-25-24-27-12-4-5-17-32(27)42(37)43-38/h1-26H/i4D,5D,12D,17D,24D,25D. The third-order valence-corrected chi connectivity index (χ3v) is 8.40. The summed E-state index contributed by atoms with van der Waals surface area (Å²) in [7, 11) is 0. The molecule has 0 radical (unpaired) electrons. The fraction of sp³-hybridized carbons (Fsp3) is 0. The summed E-state index contributed by atoms with van der Waals surface area (Å²) < 4.78 is 57.9. The van der Waals surface area contributed by atoms with Gasteiger partial charge in [-0.2, -0.15) is 0 Å². The number of furan rings is 1. The monoisotopic (exact) mass is 552 g/mol. The molecule has 43 heavy (non-hydrogen) atoms. The van der Waals surface area contributed by atoms with E-state index in [-0.39, 0.29) is 40.5 Å². The molecular weight excluding hydrogens is 520 g/mol. The maximum absolute atomic E-state index is 9.07. The molecule has 0 saturated heterocycles. The second kappa shape index (κ2) is 9.44. The van der Waals surface area contributed by atoms with E-state index in [4.69, 9.17) is 12.6 Å². The van der Waals surface area contributed by atoms with Gasteiger partial charge in [0.2, 0.25) is 0 Å². The highest BCUT2D eigenvalue weighted by atomic mass is 16.3. The Balaban J connectivity index is 1.34. The maximum atomic E-state index is 9.07. The Labute approximate surface area is 257 Å². The average Bonchev–Trinajstić information content (AvgIpc) is 3.53. The lowest BCUT2D eigenvalue weighted by atomic mass is 9.85. The molecule has 0 aliphatic rings. The van der Waals surface area contributed by atoms with Crippen LogP contribution < -0.4 is 0 Å². The van der Waals surface area contributed by atoms with Crippen molar-refractivity contribution < 1.29 is 12.6 Å². The third kappa shape index (κ3) is 3.65. The second-order valence-corrected chi connectivity index (χ2v) is 10.8. The number of hydrogen-bond acceptors (Lipinski definition) is 1. The van der Waals surface area contributed by atoms with E-state index in [1.54, 1.807) is 6.07 Å². The lowest BCUT2D eigenvalue weighted by Crippen LogP contribution is -1.91. The van der Waals surface area contributed by atoms with Gasteiger partial charge >= 0.3 is 0 Å². The van der Waals surface area contributed by atoms with Gasteiger partial charge in [-0.1, -0.05) is 139 Å². The van der Waals surface area contributed by atoms with Gasteiger partial charge in [0.15, 0.2) is 0 Å². The maximum Gasteiger partial charge on any atom is 0.143 e. The van der Waals surface area contributed by atoms with Crippen molar-refractivity contribution >= 4 is 54.3 Å². The van der Waals surface area contributed by atoms with Crippen LogP contribution >= 0.6 is 0 Å². The molecular formula is C42H26O. The summed E-state index contributed by atoms with van der Waals surface area (Å²) in [6, 6.07) is 39.6. The molecule has 1 aromatic heterocycles. The molecule has 0 bridgehead atoms. The van der Waals surface area contributed by atoms with Crippen LogP contribution in [0.1, 0.15) is 8.22 Å². The summed E-state index contributed by atoms with van der Waals surface area (Å²) in [5.74, 6) is 0. The minimum absolute atomic E-state index is 0.0104. The van der Waals surface area contributed by atoms with Crippen LogP contribution in [0.15, 0.2) is 162 Å². The molecule has 0 amide bonds. The van der Waals surface area contributed by atoms with E-state index in [1.807, 2.05) is 30.3 Å². The van der Waals surface area contributed by atoms with Crippen LogP contribution in [0.2, 0.25) is 0 Å². The highest BCUT2D eigenvalue weighted by Gasteiger charge is 2.18. The van der Waals surface area contributed by atoms with Crippen LogP contribution in [0.4, 0.5) is 0 Å².